The van der Waals surface area contributed by atoms with Crippen molar-refractivity contribution in [2.45, 2.75) is 69.8 Å². The molecule has 2 aromatic rings. The molecule has 6 heteroatoms. The van der Waals surface area contributed by atoms with Crippen LogP contribution in [0.5, 0.6) is 11.5 Å². The van der Waals surface area contributed by atoms with Crippen molar-refractivity contribution in [3.8, 4) is 11.5 Å². The van der Waals surface area contributed by atoms with E-state index in [1.54, 1.807) is 14.2 Å². The highest BCUT2D eigenvalue weighted by Crippen LogP contribution is 2.49. The van der Waals surface area contributed by atoms with Gasteiger partial charge in [-0.15, -0.1) is 0 Å². The predicted octanol–water partition coefficient (Wildman–Crippen LogP) is 5.94. The van der Waals surface area contributed by atoms with E-state index in [0.717, 1.165) is 48.2 Å². The highest BCUT2D eigenvalue weighted by Gasteiger charge is 2.43. The summed E-state index contributed by atoms with van der Waals surface area (Å²) in [6.07, 6.45) is 6.05. The van der Waals surface area contributed by atoms with Crippen molar-refractivity contribution in [1.82, 2.24) is 5.32 Å². The van der Waals surface area contributed by atoms with E-state index in [-0.39, 0.29) is 23.8 Å². The third-order valence-corrected chi connectivity index (χ3v) is 7.89. The van der Waals surface area contributed by atoms with Gasteiger partial charge in [-0.3, -0.25) is 4.79 Å². The Hall–Kier alpha value is -3.54. The van der Waals surface area contributed by atoms with Gasteiger partial charge < -0.3 is 19.5 Å². The van der Waals surface area contributed by atoms with E-state index in [0.29, 0.717) is 35.5 Å². The van der Waals surface area contributed by atoms with Crippen LogP contribution in [0.3, 0.4) is 0 Å². The van der Waals surface area contributed by atoms with Gasteiger partial charge in [-0.1, -0.05) is 48.9 Å². The van der Waals surface area contributed by atoms with Gasteiger partial charge in [0.25, 0.3) is 0 Å². The SMILES string of the molecule is COc1cccc([C@H]2C(C(=O)OC3CCCCC3)=C(C)NC3=C2C(=O)C[C@H](c2ccccc2)C3)c1OC. The molecule has 0 aromatic heterocycles. The molecule has 0 amide bonds. The van der Waals surface area contributed by atoms with Gasteiger partial charge in [0.05, 0.1) is 25.7 Å². The third-order valence-electron chi connectivity index (χ3n) is 7.89. The zero-order valence-electron chi connectivity index (χ0n) is 21.8. The normalized spacial score (nSPS) is 22.3. The quantitative estimate of drug-likeness (QED) is 0.494. The van der Waals surface area contributed by atoms with E-state index in [2.05, 4.69) is 17.4 Å². The van der Waals surface area contributed by atoms with E-state index in [9.17, 15) is 9.59 Å². The number of hydrogen-bond donors (Lipinski definition) is 1. The van der Waals surface area contributed by atoms with Gasteiger partial charge in [-0.25, -0.2) is 4.79 Å². The Kier molecular flexibility index (Phi) is 7.36. The molecule has 1 aliphatic heterocycles. The van der Waals surface area contributed by atoms with Crippen LogP contribution in [0.4, 0.5) is 0 Å². The zero-order chi connectivity index (χ0) is 25.9. The number of allylic oxidation sites excluding steroid dienone is 3. The number of ether oxygens (including phenoxy) is 3. The van der Waals surface area contributed by atoms with E-state index in [1.807, 2.05) is 43.3 Å². The fourth-order valence-corrected chi connectivity index (χ4v) is 6.12. The lowest BCUT2D eigenvalue weighted by Crippen LogP contribution is -2.37. The highest BCUT2D eigenvalue weighted by atomic mass is 16.5. The average Bonchev–Trinajstić information content (AvgIpc) is 2.92. The number of Topliss-reactive ketones (excluding diaryl/α,β-unsaturated/α-hetero) is 1. The number of benzene rings is 2. The van der Waals surface area contributed by atoms with Gasteiger partial charge in [0, 0.05) is 29.0 Å². The van der Waals surface area contributed by atoms with Crippen LogP contribution >= 0.6 is 0 Å². The minimum atomic E-state index is -0.596. The fraction of sp³-hybridized carbons (Fsp3) is 0.419. The number of para-hydroxylation sites is 1. The smallest absolute Gasteiger partial charge is 0.337 e. The Balaban J connectivity index is 1.59. The van der Waals surface area contributed by atoms with Gasteiger partial charge in [0.1, 0.15) is 6.10 Å². The first-order chi connectivity index (χ1) is 18.0. The second-order valence-electron chi connectivity index (χ2n) is 10.2. The van der Waals surface area contributed by atoms with Crippen molar-refractivity contribution >= 4 is 11.8 Å². The Morgan fingerprint density at radius 3 is 2.38 bits per heavy atom. The van der Waals surface area contributed by atoms with Crippen molar-refractivity contribution in [3.05, 3.63) is 82.2 Å². The van der Waals surface area contributed by atoms with Crippen LogP contribution in [0.25, 0.3) is 0 Å². The molecule has 37 heavy (non-hydrogen) atoms. The first kappa shape index (κ1) is 25.1. The summed E-state index contributed by atoms with van der Waals surface area (Å²) < 4.78 is 17.4. The Labute approximate surface area is 218 Å². The molecular formula is C31H35NO5. The van der Waals surface area contributed by atoms with Crippen molar-refractivity contribution in [1.29, 1.82) is 0 Å². The molecule has 1 N–H and O–H groups in total. The minimum Gasteiger partial charge on any atom is -0.493 e. The molecule has 1 fully saturated rings. The monoisotopic (exact) mass is 501 g/mol. The van der Waals surface area contributed by atoms with Crippen molar-refractivity contribution in [3.63, 3.8) is 0 Å². The van der Waals surface area contributed by atoms with Crippen LogP contribution < -0.4 is 14.8 Å². The molecule has 5 rings (SSSR count). The molecule has 1 heterocycles. The maximum atomic E-state index is 13.9. The molecule has 3 aliphatic rings. The second-order valence-corrected chi connectivity index (χ2v) is 10.2. The number of carbonyl (C=O) groups is 2. The van der Waals surface area contributed by atoms with Crippen LogP contribution in [0.15, 0.2) is 71.1 Å². The van der Waals surface area contributed by atoms with E-state index in [4.69, 9.17) is 14.2 Å². The predicted molar refractivity (Wildman–Crippen MR) is 142 cm³/mol. The maximum Gasteiger partial charge on any atom is 0.337 e. The van der Waals surface area contributed by atoms with Gasteiger partial charge in [0.15, 0.2) is 17.3 Å². The first-order valence-corrected chi connectivity index (χ1v) is 13.2. The number of dihydropyridines is 1. The molecule has 2 atom stereocenters. The standard InChI is InChI=1S/C31H35NO5/c1-19-27(31(34)37-22-13-8-5-9-14-22)28(23-15-10-16-26(35-2)30(23)36-3)29-24(32-19)17-21(18-25(29)33)20-11-6-4-7-12-20/h4,6-7,10-12,15-16,21-22,28,32H,5,8-9,13-14,17-18H2,1-3H3/t21-,28+/m1/s1. The number of carbonyl (C=O) groups excluding carboxylic acids is 2. The highest BCUT2D eigenvalue weighted by molar-refractivity contribution is 6.04. The lowest BCUT2D eigenvalue weighted by Gasteiger charge is -2.37. The minimum absolute atomic E-state index is 0.0351. The van der Waals surface area contributed by atoms with Crippen molar-refractivity contribution < 1.29 is 23.8 Å². The van der Waals surface area contributed by atoms with Gasteiger partial charge in [-0.05, 0) is 56.6 Å². The topological polar surface area (TPSA) is 73.9 Å². The van der Waals surface area contributed by atoms with Gasteiger partial charge in [-0.2, -0.15) is 0 Å². The number of methoxy groups -OCH3 is 2. The maximum absolute atomic E-state index is 13.9. The number of nitrogens with one attached hydrogen (secondary N) is 1. The second kappa shape index (κ2) is 10.8. The largest absolute Gasteiger partial charge is 0.493 e. The van der Waals surface area contributed by atoms with Gasteiger partial charge >= 0.3 is 5.97 Å². The molecule has 0 radical (unpaired) electrons. The van der Waals surface area contributed by atoms with Crippen LogP contribution in [-0.2, 0) is 14.3 Å². The summed E-state index contributed by atoms with van der Waals surface area (Å²) in [7, 11) is 3.17. The van der Waals surface area contributed by atoms with E-state index in [1.165, 1.54) is 6.42 Å². The molecule has 1 saturated carbocycles. The first-order valence-electron chi connectivity index (χ1n) is 13.2. The van der Waals surface area contributed by atoms with Crippen molar-refractivity contribution in [2.24, 2.45) is 0 Å². The summed E-state index contributed by atoms with van der Waals surface area (Å²) in [5.74, 6) is 0.239. The lowest BCUT2D eigenvalue weighted by molar-refractivity contribution is -0.146. The zero-order valence-corrected chi connectivity index (χ0v) is 21.8. The third kappa shape index (κ3) is 4.89. The Morgan fingerprint density at radius 2 is 1.68 bits per heavy atom. The molecule has 194 valence electrons. The summed E-state index contributed by atoms with van der Waals surface area (Å²) >= 11 is 0. The molecular weight excluding hydrogens is 466 g/mol. The Bertz CT molecular complexity index is 1240. The van der Waals surface area contributed by atoms with Crippen LogP contribution in [0.1, 0.15) is 74.8 Å². The number of hydrogen-bond acceptors (Lipinski definition) is 6. The summed E-state index contributed by atoms with van der Waals surface area (Å²) in [5.41, 5.74) is 4.56. The van der Waals surface area contributed by atoms with Gasteiger partial charge in [0.2, 0.25) is 0 Å². The molecule has 2 aromatic carbocycles. The van der Waals surface area contributed by atoms with Crippen molar-refractivity contribution in [2.75, 3.05) is 14.2 Å². The average molecular weight is 502 g/mol. The molecule has 2 aliphatic carbocycles. The number of esters is 1. The fourth-order valence-electron chi connectivity index (χ4n) is 6.12. The summed E-state index contributed by atoms with van der Waals surface area (Å²) in [5, 5.41) is 3.45. The van der Waals surface area contributed by atoms with E-state index < -0.39 is 5.92 Å². The summed E-state index contributed by atoms with van der Waals surface area (Å²) in [6.45, 7) is 1.90. The number of ketones is 1. The summed E-state index contributed by atoms with van der Waals surface area (Å²) in [4.78, 5) is 27.6. The number of rotatable bonds is 6. The van der Waals surface area contributed by atoms with E-state index >= 15 is 0 Å². The molecule has 0 unspecified atom stereocenters. The Morgan fingerprint density at radius 1 is 0.919 bits per heavy atom. The van der Waals surface area contributed by atoms with Crippen LogP contribution in [-0.4, -0.2) is 32.1 Å². The molecule has 0 saturated heterocycles. The van der Waals surface area contributed by atoms with Crippen LogP contribution in [0.2, 0.25) is 0 Å². The van der Waals surface area contributed by atoms with Crippen LogP contribution in [0, 0.1) is 0 Å². The summed E-state index contributed by atoms with van der Waals surface area (Å²) in [6, 6.07) is 15.8. The molecule has 0 spiro atoms. The molecule has 0 bridgehead atoms. The molecule has 6 nitrogen and oxygen atoms in total. The lowest BCUT2D eigenvalue weighted by atomic mass is 9.71.